The molecule has 26 heavy (non-hydrogen) atoms. The van der Waals surface area contributed by atoms with Gasteiger partial charge in [0.05, 0.1) is 17.3 Å². The van der Waals surface area contributed by atoms with Crippen LogP contribution >= 0.6 is 15.9 Å². The summed E-state index contributed by atoms with van der Waals surface area (Å²) in [5, 5.41) is 4.63. The zero-order valence-corrected chi connectivity index (χ0v) is 15.8. The molecule has 1 aliphatic heterocycles. The molecule has 9 heteroatoms. The molecule has 0 bridgehead atoms. The van der Waals surface area contributed by atoms with Crippen LogP contribution in [0.4, 0.5) is 5.82 Å². The van der Waals surface area contributed by atoms with Gasteiger partial charge in [-0.25, -0.2) is 9.97 Å². The standard InChI is InChI=1S/C17H16BrN5O3/c1-3-11-13(9-6-10(18)14-12(7-9)25-8-26-14)15(19)23(22-11)16-17(24-2)21-5-4-20-16/h4-7H,3,8,19H2,1-2H3. The maximum atomic E-state index is 6.45. The number of benzene rings is 1. The number of ether oxygens (including phenoxy) is 3. The normalized spacial score (nSPS) is 12.4. The van der Waals surface area contributed by atoms with Crippen molar-refractivity contribution < 1.29 is 14.2 Å². The summed E-state index contributed by atoms with van der Waals surface area (Å²) in [6, 6.07) is 3.84. The predicted octanol–water partition coefficient (Wildman–Crippen LogP) is 2.97. The lowest BCUT2D eigenvalue weighted by atomic mass is 10.0. The molecule has 0 saturated heterocycles. The minimum Gasteiger partial charge on any atom is -0.478 e. The van der Waals surface area contributed by atoms with Crippen molar-refractivity contribution in [2.45, 2.75) is 13.3 Å². The van der Waals surface area contributed by atoms with Crippen LogP contribution in [0.5, 0.6) is 17.4 Å². The van der Waals surface area contributed by atoms with Crippen molar-refractivity contribution in [2.24, 2.45) is 0 Å². The Balaban J connectivity index is 1.91. The molecule has 1 aromatic carbocycles. The lowest BCUT2D eigenvalue weighted by Gasteiger charge is -2.08. The van der Waals surface area contributed by atoms with Gasteiger partial charge in [0.25, 0.3) is 5.88 Å². The fourth-order valence-corrected chi connectivity index (χ4v) is 3.48. The molecule has 3 aromatic rings. The van der Waals surface area contributed by atoms with Crippen LogP contribution in [0, 0.1) is 0 Å². The first-order valence-electron chi connectivity index (χ1n) is 7.96. The van der Waals surface area contributed by atoms with Gasteiger partial charge < -0.3 is 19.9 Å². The van der Waals surface area contributed by atoms with Crippen LogP contribution in [0.2, 0.25) is 0 Å². The van der Waals surface area contributed by atoms with E-state index in [1.54, 1.807) is 17.1 Å². The van der Waals surface area contributed by atoms with Crippen molar-refractivity contribution in [1.82, 2.24) is 19.7 Å². The van der Waals surface area contributed by atoms with E-state index in [9.17, 15) is 0 Å². The quantitative estimate of drug-likeness (QED) is 0.696. The molecule has 0 fully saturated rings. The zero-order chi connectivity index (χ0) is 18.3. The highest BCUT2D eigenvalue weighted by atomic mass is 79.9. The fraction of sp³-hybridized carbons (Fsp3) is 0.235. The molecule has 1 aliphatic rings. The Hall–Kier alpha value is -2.81. The molecule has 0 aliphatic carbocycles. The highest BCUT2D eigenvalue weighted by Crippen LogP contribution is 2.44. The van der Waals surface area contributed by atoms with E-state index in [1.165, 1.54) is 7.11 Å². The van der Waals surface area contributed by atoms with Crippen molar-refractivity contribution in [2.75, 3.05) is 19.6 Å². The van der Waals surface area contributed by atoms with E-state index in [0.717, 1.165) is 21.3 Å². The Morgan fingerprint density at radius 2 is 2.08 bits per heavy atom. The number of rotatable bonds is 4. The van der Waals surface area contributed by atoms with Crippen molar-refractivity contribution >= 4 is 21.7 Å². The van der Waals surface area contributed by atoms with Gasteiger partial charge in [-0.2, -0.15) is 9.78 Å². The van der Waals surface area contributed by atoms with Crippen molar-refractivity contribution in [3.63, 3.8) is 0 Å². The van der Waals surface area contributed by atoms with Crippen molar-refractivity contribution in [3.05, 3.63) is 34.7 Å². The third-order valence-corrected chi connectivity index (χ3v) is 4.67. The number of halogens is 1. The molecule has 0 atom stereocenters. The van der Waals surface area contributed by atoms with Crippen LogP contribution in [0.3, 0.4) is 0 Å². The zero-order valence-electron chi connectivity index (χ0n) is 14.2. The maximum Gasteiger partial charge on any atom is 0.259 e. The second-order valence-electron chi connectivity index (χ2n) is 5.55. The monoisotopic (exact) mass is 417 g/mol. The average molecular weight is 418 g/mol. The Labute approximate surface area is 158 Å². The number of hydrogen-bond acceptors (Lipinski definition) is 7. The first kappa shape index (κ1) is 16.6. The van der Waals surface area contributed by atoms with Crippen LogP contribution < -0.4 is 19.9 Å². The number of fused-ring (bicyclic) bond motifs is 1. The van der Waals surface area contributed by atoms with Gasteiger partial charge in [0.2, 0.25) is 12.6 Å². The predicted molar refractivity (Wildman–Crippen MR) is 98.8 cm³/mol. The molecule has 8 nitrogen and oxygen atoms in total. The van der Waals surface area contributed by atoms with Gasteiger partial charge in [-0.15, -0.1) is 0 Å². The second kappa shape index (κ2) is 6.49. The molecule has 2 N–H and O–H groups in total. The molecular weight excluding hydrogens is 402 g/mol. The minimum absolute atomic E-state index is 0.198. The van der Waals surface area contributed by atoms with Crippen molar-refractivity contribution in [1.29, 1.82) is 0 Å². The lowest BCUT2D eigenvalue weighted by molar-refractivity contribution is 0.173. The van der Waals surface area contributed by atoms with E-state index in [4.69, 9.17) is 19.9 Å². The van der Waals surface area contributed by atoms with Gasteiger partial charge in [0.1, 0.15) is 5.82 Å². The number of hydrogen-bond donors (Lipinski definition) is 1. The summed E-state index contributed by atoms with van der Waals surface area (Å²) in [5.74, 6) is 2.59. The van der Waals surface area contributed by atoms with E-state index < -0.39 is 0 Å². The topological polar surface area (TPSA) is 97.3 Å². The lowest BCUT2D eigenvalue weighted by Crippen LogP contribution is -2.07. The van der Waals surface area contributed by atoms with Gasteiger partial charge in [0.15, 0.2) is 11.5 Å². The first-order chi connectivity index (χ1) is 12.6. The van der Waals surface area contributed by atoms with E-state index in [-0.39, 0.29) is 6.79 Å². The van der Waals surface area contributed by atoms with Crippen LogP contribution in [0.1, 0.15) is 12.6 Å². The minimum atomic E-state index is 0.198. The van der Waals surface area contributed by atoms with Gasteiger partial charge in [0, 0.05) is 18.0 Å². The summed E-state index contributed by atoms with van der Waals surface area (Å²) >= 11 is 3.53. The highest BCUT2D eigenvalue weighted by molar-refractivity contribution is 9.10. The molecular formula is C17H16BrN5O3. The Bertz CT molecular complexity index is 989. The summed E-state index contributed by atoms with van der Waals surface area (Å²) in [6.45, 7) is 2.22. The summed E-state index contributed by atoms with van der Waals surface area (Å²) in [5.41, 5.74) is 8.98. The molecule has 2 aromatic heterocycles. The van der Waals surface area contributed by atoms with Crippen LogP contribution in [0.15, 0.2) is 29.0 Å². The number of aryl methyl sites for hydroxylation is 1. The largest absolute Gasteiger partial charge is 0.478 e. The molecule has 4 rings (SSSR count). The SMILES string of the molecule is CCc1nn(-c2nccnc2OC)c(N)c1-c1cc(Br)c2c(c1)OCO2. The molecule has 3 heterocycles. The summed E-state index contributed by atoms with van der Waals surface area (Å²) < 4.78 is 18.6. The molecule has 0 unspecified atom stereocenters. The van der Waals surface area contributed by atoms with Crippen molar-refractivity contribution in [3.8, 4) is 34.3 Å². The summed E-state index contributed by atoms with van der Waals surface area (Å²) in [6.07, 6.45) is 3.82. The van der Waals surface area contributed by atoms with Gasteiger partial charge >= 0.3 is 0 Å². The van der Waals surface area contributed by atoms with Crippen LogP contribution in [0.25, 0.3) is 16.9 Å². The van der Waals surface area contributed by atoms with Gasteiger partial charge in [-0.05, 0) is 40.0 Å². The number of methoxy groups -OCH3 is 1. The van der Waals surface area contributed by atoms with Gasteiger partial charge in [-0.1, -0.05) is 6.92 Å². The summed E-state index contributed by atoms with van der Waals surface area (Å²) in [7, 11) is 1.53. The molecule has 0 spiro atoms. The number of nitrogens with two attached hydrogens (primary N) is 1. The van der Waals surface area contributed by atoms with E-state index >= 15 is 0 Å². The fourth-order valence-electron chi connectivity index (χ4n) is 2.92. The van der Waals surface area contributed by atoms with Crippen LogP contribution in [-0.2, 0) is 6.42 Å². The Kier molecular flexibility index (Phi) is 4.15. The van der Waals surface area contributed by atoms with Crippen LogP contribution in [-0.4, -0.2) is 33.7 Å². The number of anilines is 1. The maximum absolute atomic E-state index is 6.45. The Morgan fingerprint density at radius 1 is 1.27 bits per heavy atom. The average Bonchev–Trinajstić information content (AvgIpc) is 3.26. The number of aromatic nitrogens is 4. The third-order valence-electron chi connectivity index (χ3n) is 4.08. The van der Waals surface area contributed by atoms with Gasteiger partial charge in [-0.3, -0.25) is 0 Å². The number of nitrogens with zero attached hydrogens (tertiary/aromatic N) is 4. The van der Waals surface area contributed by atoms with E-state index in [2.05, 4.69) is 31.0 Å². The highest BCUT2D eigenvalue weighted by Gasteiger charge is 2.24. The molecule has 0 saturated carbocycles. The van der Waals surface area contributed by atoms with E-state index in [0.29, 0.717) is 35.4 Å². The molecule has 0 amide bonds. The first-order valence-corrected chi connectivity index (χ1v) is 8.75. The second-order valence-corrected chi connectivity index (χ2v) is 6.41. The van der Waals surface area contributed by atoms with E-state index in [1.807, 2.05) is 19.1 Å². The molecule has 134 valence electrons. The Morgan fingerprint density at radius 3 is 2.85 bits per heavy atom. The smallest absolute Gasteiger partial charge is 0.259 e. The number of nitrogen functional groups attached to an aromatic ring is 1. The third kappa shape index (κ3) is 2.55. The molecule has 0 radical (unpaired) electrons. The summed E-state index contributed by atoms with van der Waals surface area (Å²) in [4.78, 5) is 8.49.